The number of piperidine rings is 2. The second kappa shape index (κ2) is 12.5. The van der Waals surface area contributed by atoms with Gasteiger partial charge < -0.3 is 30.7 Å². The fourth-order valence-electron chi connectivity index (χ4n) is 5.19. The fraction of sp³-hybridized carbons (Fsp3) is 0.321. The molecule has 0 spiro atoms. The van der Waals surface area contributed by atoms with Crippen molar-refractivity contribution in [2.45, 2.75) is 44.1 Å². The molecular formula is C28H32N4O4S. The molecule has 2 atom stereocenters. The molecule has 0 saturated carbocycles. The number of benzene rings is 2. The van der Waals surface area contributed by atoms with E-state index < -0.39 is 11.9 Å². The van der Waals surface area contributed by atoms with E-state index in [9.17, 15) is 9.59 Å². The third-order valence-electron chi connectivity index (χ3n) is 6.88. The molecule has 2 saturated heterocycles. The van der Waals surface area contributed by atoms with Gasteiger partial charge in [0.15, 0.2) is 5.11 Å². The number of carboxylic acid groups (broad SMARTS) is 2. The first-order valence-electron chi connectivity index (χ1n) is 12.5. The molecule has 5 rings (SSSR count). The van der Waals surface area contributed by atoms with E-state index in [1.54, 1.807) is 0 Å². The van der Waals surface area contributed by atoms with Crippen LogP contribution in [-0.2, 0) is 9.59 Å². The number of carbonyl (C=O) groups is 2. The summed E-state index contributed by atoms with van der Waals surface area (Å²) in [5.41, 5.74) is 4.70. The number of thiocarbonyl (C=S) groups is 1. The van der Waals surface area contributed by atoms with Gasteiger partial charge in [-0.2, -0.15) is 0 Å². The maximum Gasteiger partial charge on any atom is 0.328 e. The van der Waals surface area contributed by atoms with Gasteiger partial charge in [-0.25, -0.2) is 9.59 Å². The van der Waals surface area contributed by atoms with Crippen LogP contribution in [-0.4, -0.2) is 56.3 Å². The molecule has 0 radical (unpaired) electrons. The minimum absolute atomic E-state index is 0.558. The minimum Gasteiger partial charge on any atom is -0.478 e. The highest BCUT2D eigenvalue weighted by molar-refractivity contribution is 7.80. The molecule has 1 aromatic heterocycles. The highest BCUT2D eigenvalue weighted by Crippen LogP contribution is 2.38. The van der Waals surface area contributed by atoms with Crippen molar-refractivity contribution in [3.05, 3.63) is 72.4 Å². The molecule has 3 aromatic rings. The molecular weight excluding hydrogens is 488 g/mol. The van der Waals surface area contributed by atoms with Gasteiger partial charge >= 0.3 is 11.9 Å². The molecule has 0 amide bonds. The number of anilines is 2. The number of H-pyrrole nitrogens is 1. The molecule has 37 heavy (non-hydrogen) atoms. The maximum atomic E-state index is 9.55. The topological polar surface area (TPSA) is 118 Å². The Morgan fingerprint density at radius 2 is 1.68 bits per heavy atom. The van der Waals surface area contributed by atoms with Crippen LogP contribution in [0.15, 0.2) is 66.9 Å². The van der Waals surface area contributed by atoms with E-state index in [4.69, 9.17) is 22.4 Å². The molecule has 0 bridgehead atoms. The predicted molar refractivity (Wildman–Crippen MR) is 150 cm³/mol. The van der Waals surface area contributed by atoms with E-state index in [2.05, 4.69) is 44.9 Å². The molecule has 9 heteroatoms. The van der Waals surface area contributed by atoms with Gasteiger partial charge in [-0.15, -0.1) is 0 Å². The molecule has 0 aliphatic carbocycles. The Labute approximate surface area is 221 Å². The molecule has 8 nitrogen and oxygen atoms in total. The highest BCUT2D eigenvalue weighted by Gasteiger charge is 2.31. The first-order chi connectivity index (χ1) is 17.9. The van der Waals surface area contributed by atoms with Crippen molar-refractivity contribution >= 4 is 51.5 Å². The van der Waals surface area contributed by atoms with Gasteiger partial charge in [0, 0.05) is 46.7 Å². The maximum absolute atomic E-state index is 9.55. The summed E-state index contributed by atoms with van der Waals surface area (Å²) in [6, 6.07) is 17.3. The van der Waals surface area contributed by atoms with E-state index >= 15 is 0 Å². The standard InChI is InChI=1S/C24H28N4S.C4H4O4/c29-24(26-18-6-2-1-3-7-18)27-19-9-10-23-21(15-19)22(16-25-23)17-11-13-28-12-5-4-8-20(28)14-17;5-3(6)1-2-4(7)8/h1-3,6-7,9-10,15-17,20,25H,4-5,8,11-14H2,(H2,26,27,29);1-2H,(H,5,6)(H,7,8). The van der Waals surface area contributed by atoms with Gasteiger partial charge in [0.25, 0.3) is 0 Å². The van der Waals surface area contributed by atoms with Crippen LogP contribution in [0.5, 0.6) is 0 Å². The van der Waals surface area contributed by atoms with Crippen LogP contribution < -0.4 is 10.6 Å². The van der Waals surface area contributed by atoms with Crippen molar-refractivity contribution < 1.29 is 19.8 Å². The average Bonchev–Trinajstić information content (AvgIpc) is 3.31. The lowest BCUT2D eigenvalue weighted by Gasteiger charge is -2.42. The lowest BCUT2D eigenvalue weighted by Crippen LogP contribution is -2.44. The van der Waals surface area contributed by atoms with E-state index in [0.29, 0.717) is 23.2 Å². The van der Waals surface area contributed by atoms with Gasteiger partial charge in [-0.1, -0.05) is 24.6 Å². The van der Waals surface area contributed by atoms with Crippen molar-refractivity contribution in [3.8, 4) is 0 Å². The summed E-state index contributed by atoms with van der Waals surface area (Å²) in [5.74, 6) is -1.87. The third-order valence-corrected chi connectivity index (χ3v) is 7.09. The Balaban J connectivity index is 0.000000349. The van der Waals surface area contributed by atoms with Crippen LogP contribution in [0.2, 0.25) is 0 Å². The summed E-state index contributed by atoms with van der Waals surface area (Å²) in [4.78, 5) is 25.3. The number of aliphatic carboxylic acids is 2. The zero-order chi connectivity index (χ0) is 26.2. The SMILES string of the molecule is O=C(O)C=CC(=O)O.S=C(Nc1ccccc1)Nc1ccc2[nH]cc(C3CCN4CCCCC4C3)c2c1. The Morgan fingerprint density at radius 1 is 0.946 bits per heavy atom. The van der Waals surface area contributed by atoms with E-state index in [1.807, 2.05) is 30.3 Å². The van der Waals surface area contributed by atoms with Crippen LogP contribution in [0.3, 0.4) is 0 Å². The molecule has 2 unspecified atom stereocenters. The van der Waals surface area contributed by atoms with Crippen molar-refractivity contribution in [2.24, 2.45) is 0 Å². The van der Waals surface area contributed by atoms with Crippen molar-refractivity contribution in [1.82, 2.24) is 9.88 Å². The molecule has 2 fully saturated rings. The Kier molecular flexibility index (Phi) is 8.92. The number of aromatic nitrogens is 1. The average molecular weight is 521 g/mol. The smallest absolute Gasteiger partial charge is 0.328 e. The Hall–Kier alpha value is -3.69. The van der Waals surface area contributed by atoms with Crippen LogP contribution in [0.1, 0.15) is 43.6 Å². The van der Waals surface area contributed by atoms with Crippen LogP contribution in [0.25, 0.3) is 10.9 Å². The Bertz CT molecular complexity index is 1260. The summed E-state index contributed by atoms with van der Waals surface area (Å²) < 4.78 is 0. The number of nitrogens with one attached hydrogen (secondary N) is 3. The molecule has 194 valence electrons. The Morgan fingerprint density at radius 3 is 2.41 bits per heavy atom. The summed E-state index contributed by atoms with van der Waals surface area (Å²) >= 11 is 5.51. The molecule has 2 aromatic carbocycles. The molecule has 3 heterocycles. The number of carboxylic acids is 2. The minimum atomic E-state index is -1.26. The number of rotatable bonds is 5. The monoisotopic (exact) mass is 520 g/mol. The summed E-state index contributed by atoms with van der Waals surface area (Å²) in [6.45, 7) is 2.54. The van der Waals surface area contributed by atoms with Crippen LogP contribution in [0, 0.1) is 0 Å². The highest BCUT2D eigenvalue weighted by atomic mass is 32.1. The number of hydrogen-bond donors (Lipinski definition) is 5. The van der Waals surface area contributed by atoms with Crippen molar-refractivity contribution in [1.29, 1.82) is 0 Å². The van der Waals surface area contributed by atoms with E-state index in [0.717, 1.165) is 17.4 Å². The zero-order valence-corrected chi connectivity index (χ0v) is 21.3. The number of para-hydroxylation sites is 1. The van der Waals surface area contributed by atoms with Crippen molar-refractivity contribution in [3.63, 3.8) is 0 Å². The zero-order valence-electron chi connectivity index (χ0n) is 20.5. The molecule has 2 aliphatic heterocycles. The third kappa shape index (κ3) is 7.41. The number of fused-ring (bicyclic) bond motifs is 2. The lowest BCUT2D eigenvalue weighted by atomic mass is 9.82. The summed E-state index contributed by atoms with van der Waals surface area (Å²) in [7, 11) is 0. The first-order valence-corrected chi connectivity index (χ1v) is 12.9. The van der Waals surface area contributed by atoms with E-state index in [-0.39, 0.29) is 0 Å². The van der Waals surface area contributed by atoms with Gasteiger partial charge in [0.2, 0.25) is 0 Å². The largest absolute Gasteiger partial charge is 0.478 e. The fourth-order valence-corrected chi connectivity index (χ4v) is 5.42. The lowest BCUT2D eigenvalue weighted by molar-refractivity contribution is -0.134. The van der Waals surface area contributed by atoms with Crippen LogP contribution in [0.4, 0.5) is 11.4 Å². The normalized spacial score (nSPS) is 19.5. The first kappa shape index (κ1) is 26.4. The number of hydrogen-bond acceptors (Lipinski definition) is 4. The van der Waals surface area contributed by atoms with Gasteiger partial charge in [-0.05, 0) is 92.8 Å². The van der Waals surface area contributed by atoms with E-state index in [1.165, 1.54) is 61.7 Å². The number of nitrogens with zero attached hydrogens (tertiary/aromatic N) is 1. The predicted octanol–water partition coefficient (Wildman–Crippen LogP) is 5.42. The molecule has 5 N–H and O–H groups in total. The molecule has 2 aliphatic rings. The van der Waals surface area contributed by atoms with Crippen molar-refractivity contribution in [2.75, 3.05) is 23.7 Å². The number of aromatic amines is 1. The summed E-state index contributed by atoms with van der Waals surface area (Å²) in [6.07, 6.45) is 10.0. The second-order valence-corrected chi connectivity index (χ2v) is 9.77. The van der Waals surface area contributed by atoms with Crippen LogP contribution >= 0.6 is 12.2 Å². The van der Waals surface area contributed by atoms with Gasteiger partial charge in [-0.3, -0.25) is 0 Å². The quantitative estimate of drug-likeness (QED) is 0.224. The van der Waals surface area contributed by atoms with Gasteiger partial charge in [0.05, 0.1) is 0 Å². The summed E-state index contributed by atoms with van der Waals surface area (Å²) in [5, 5.41) is 24.2. The van der Waals surface area contributed by atoms with Gasteiger partial charge in [0.1, 0.15) is 0 Å². The second-order valence-electron chi connectivity index (χ2n) is 9.37.